The zero-order valence-corrected chi connectivity index (χ0v) is 14.0. The lowest BCUT2D eigenvalue weighted by atomic mass is 10.1. The van der Waals surface area contributed by atoms with Crippen molar-refractivity contribution in [2.45, 2.75) is 19.9 Å². The monoisotopic (exact) mass is 326 g/mol. The van der Waals surface area contributed by atoms with E-state index in [0.717, 1.165) is 19.6 Å². The summed E-state index contributed by atoms with van der Waals surface area (Å²) in [5.74, 6) is -0.292. The molecule has 0 radical (unpaired) electrons. The van der Waals surface area contributed by atoms with E-state index in [1.54, 1.807) is 18.2 Å². The zero-order chi connectivity index (χ0) is 16.9. The summed E-state index contributed by atoms with van der Waals surface area (Å²) < 4.78 is 13.7. The molecule has 0 unspecified atom stereocenters. The molecular weight excluding hydrogens is 303 g/mol. The van der Waals surface area contributed by atoms with Crippen LogP contribution in [0, 0.1) is 12.7 Å². The normalized spacial score (nSPS) is 15.5. The number of piperazine rings is 1. The minimum absolute atomic E-state index is 0.00985. The highest BCUT2D eigenvalue weighted by molar-refractivity contribution is 5.79. The van der Waals surface area contributed by atoms with Crippen LogP contribution < -0.4 is 0 Å². The first kappa shape index (κ1) is 16.7. The molecule has 1 aliphatic heterocycles. The second-order valence-electron chi connectivity index (χ2n) is 6.35. The molecule has 0 atom stereocenters. The molecule has 0 aromatic heterocycles. The van der Waals surface area contributed by atoms with Crippen molar-refractivity contribution in [3.8, 4) is 0 Å². The summed E-state index contributed by atoms with van der Waals surface area (Å²) in [5, 5.41) is 0. The number of benzene rings is 2. The second-order valence-corrected chi connectivity index (χ2v) is 6.35. The van der Waals surface area contributed by atoms with Crippen LogP contribution in [0.4, 0.5) is 4.39 Å². The molecule has 126 valence electrons. The van der Waals surface area contributed by atoms with Crippen LogP contribution in [0.15, 0.2) is 48.5 Å². The molecule has 1 heterocycles. The number of aryl methyl sites for hydroxylation is 1. The highest BCUT2D eigenvalue weighted by Gasteiger charge is 2.22. The largest absolute Gasteiger partial charge is 0.340 e. The van der Waals surface area contributed by atoms with Gasteiger partial charge in [0.05, 0.1) is 6.42 Å². The van der Waals surface area contributed by atoms with Crippen molar-refractivity contribution >= 4 is 5.91 Å². The molecule has 1 saturated heterocycles. The van der Waals surface area contributed by atoms with Gasteiger partial charge < -0.3 is 4.90 Å². The van der Waals surface area contributed by atoms with Crippen molar-refractivity contribution in [2.24, 2.45) is 0 Å². The van der Waals surface area contributed by atoms with E-state index in [0.29, 0.717) is 18.7 Å². The Morgan fingerprint density at radius 2 is 1.58 bits per heavy atom. The number of carbonyl (C=O) groups excluding carboxylic acids is 1. The minimum atomic E-state index is -0.302. The fourth-order valence-electron chi connectivity index (χ4n) is 3.10. The maximum absolute atomic E-state index is 13.7. The molecule has 1 amide bonds. The van der Waals surface area contributed by atoms with Crippen LogP contribution in [0.1, 0.15) is 16.7 Å². The molecule has 0 N–H and O–H groups in total. The van der Waals surface area contributed by atoms with E-state index in [9.17, 15) is 9.18 Å². The molecule has 3 nitrogen and oxygen atoms in total. The van der Waals surface area contributed by atoms with Gasteiger partial charge in [-0.25, -0.2) is 4.39 Å². The Bertz CT molecular complexity index is 708. The third-order valence-electron chi connectivity index (χ3n) is 4.68. The van der Waals surface area contributed by atoms with Gasteiger partial charge in [-0.05, 0) is 29.7 Å². The SMILES string of the molecule is Cc1ccccc1CN1CCN(C(=O)Cc2ccccc2F)CC1. The summed E-state index contributed by atoms with van der Waals surface area (Å²) in [6, 6.07) is 14.9. The van der Waals surface area contributed by atoms with Gasteiger partial charge in [0.25, 0.3) is 0 Å². The average molecular weight is 326 g/mol. The molecule has 0 saturated carbocycles. The van der Waals surface area contributed by atoms with Crippen LogP contribution in [-0.2, 0) is 17.8 Å². The molecular formula is C20H23FN2O. The Labute approximate surface area is 142 Å². The van der Waals surface area contributed by atoms with Gasteiger partial charge in [0, 0.05) is 32.7 Å². The smallest absolute Gasteiger partial charge is 0.227 e. The van der Waals surface area contributed by atoms with Crippen LogP contribution in [0.25, 0.3) is 0 Å². The van der Waals surface area contributed by atoms with E-state index in [2.05, 4.69) is 36.1 Å². The Morgan fingerprint density at radius 1 is 0.958 bits per heavy atom. The third-order valence-corrected chi connectivity index (χ3v) is 4.68. The van der Waals surface area contributed by atoms with E-state index in [1.807, 2.05) is 4.90 Å². The van der Waals surface area contributed by atoms with E-state index >= 15 is 0 Å². The molecule has 4 heteroatoms. The van der Waals surface area contributed by atoms with Gasteiger partial charge in [-0.3, -0.25) is 9.69 Å². The van der Waals surface area contributed by atoms with Gasteiger partial charge in [0.2, 0.25) is 5.91 Å². The summed E-state index contributed by atoms with van der Waals surface area (Å²) in [6.45, 7) is 6.18. The summed E-state index contributed by atoms with van der Waals surface area (Å²) >= 11 is 0. The maximum atomic E-state index is 13.7. The minimum Gasteiger partial charge on any atom is -0.340 e. The van der Waals surface area contributed by atoms with Crippen molar-refractivity contribution in [3.63, 3.8) is 0 Å². The van der Waals surface area contributed by atoms with Crippen molar-refractivity contribution in [1.29, 1.82) is 0 Å². The Balaban J connectivity index is 1.52. The standard InChI is InChI=1S/C20H23FN2O/c1-16-6-2-3-8-18(16)15-22-10-12-23(13-11-22)20(24)14-17-7-4-5-9-19(17)21/h2-9H,10-15H2,1H3. The first-order valence-corrected chi connectivity index (χ1v) is 8.41. The number of hydrogen-bond acceptors (Lipinski definition) is 2. The van der Waals surface area contributed by atoms with Crippen LogP contribution in [0.3, 0.4) is 0 Å². The van der Waals surface area contributed by atoms with Gasteiger partial charge in [0.15, 0.2) is 0 Å². The number of carbonyl (C=O) groups is 1. The van der Waals surface area contributed by atoms with Crippen molar-refractivity contribution in [2.75, 3.05) is 26.2 Å². The lowest BCUT2D eigenvalue weighted by molar-refractivity contribution is -0.132. The molecule has 2 aromatic carbocycles. The molecule has 1 fully saturated rings. The third kappa shape index (κ3) is 4.01. The van der Waals surface area contributed by atoms with Crippen molar-refractivity contribution in [1.82, 2.24) is 9.80 Å². The highest BCUT2D eigenvalue weighted by Crippen LogP contribution is 2.14. The molecule has 3 rings (SSSR count). The Kier molecular flexibility index (Phi) is 5.26. The van der Waals surface area contributed by atoms with Crippen molar-refractivity contribution in [3.05, 3.63) is 71.0 Å². The number of nitrogens with zero attached hydrogens (tertiary/aromatic N) is 2. The highest BCUT2D eigenvalue weighted by atomic mass is 19.1. The number of hydrogen-bond donors (Lipinski definition) is 0. The van der Waals surface area contributed by atoms with Gasteiger partial charge in [-0.1, -0.05) is 42.5 Å². The quantitative estimate of drug-likeness (QED) is 0.862. The summed E-state index contributed by atoms with van der Waals surface area (Å²) in [6.07, 6.45) is 0.143. The summed E-state index contributed by atoms with van der Waals surface area (Å²) in [5.41, 5.74) is 3.11. The average Bonchev–Trinajstić information content (AvgIpc) is 2.59. The number of halogens is 1. The zero-order valence-electron chi connectivity index (χ0n) is 14.0. The first-order valence-electron chi connectivity index (χ1n) is 8.41. The van der Waals surface area contributed by atoms with E-state index in [1.165, 1.54) is 17.2 Å². The van der Waals surface area contributed by atoms with E-state index in [-0.39, 0.29) is 18.1 Å². The maximum Gasteiger partial charge on any atom is 0.227 e. The van der Waals surface area contributed by atoms with Crippen LogP contribution >= 0.6 is 0 Å². The van der Waals surface area contributed by atoms with Crippen LogP contribution in [-0.4, -0.2) is 41.9 Å². The van der Waals surface area contributed by atoms with Gasteiger partial charge in [0.1, 0.15) is 5.82 Å². The lowest BCUT2D eigenvalue weighted by Crippen LogP contribution is -2.48. The van der Waals surface area contributed by atoms with E-state index < -0.39 is 0 Å². The second kappa shape index (κ2) is 7.58. The fraction of sp³-hybridized carbons (Fsp3) is 0.350. The summed E-state index contributed by atoms with van der Waals surface area (Å²) in [4.78, 5) is 16.6. The first-order chi connectivity index (χ1) is 11.6. The topological polar surface area (TPSA) is 23.6 Å². The molecule has 0 spiro atoms. The lowest BCUT2D eigenvalue weighted by Gasteiger charge is -2.35. The number of amides is 1. The van der Waals surface area contributed by atoms with Crippen molar-refractivity contribution < 1.29 is 9.18 Å². The van der Waals surface area contributed by atoms with Gasteiger partial charge in [-0.2, -0.15) is 0 Å². The van der Waals surface area contributed by atoms with Crippen LogP contribution in [0.5, 0.6) is 0 Å². The predicted octanol–water partition coefficient (Wildman–Crippen LogP) is 3.02. The predicted molar refractivity (Wildman–Crippen MR) is 93.1 cm³/mol. The Hall–Kier alpha value is -2.20. The van der Waals surface area contributed by atoms with Gasteiger partial charge >= 0.3 is 0 Å². The number of rotatable bonds is 4. The Morgan fingerprint density at radius 3 is 2.25 bits per heavy atom. The molecule has 24 heavy (non-hydrogen) atoms. The van der Waals surface area contributed by atoms with E-state index in [4.69, 9.17) is 0 Å². The molecule has 1 aliphatic rings. The fourth-order valence-corrected chi connectivity index (χ4v) is 3.10. The molecule has 2 aromatic rings. The van der Waals surface area contributed by atoms with Gasteiger partial charge in [-0.15, -0.1) is 0 Å². The molecule has 0 bridgehead atoms. The summed E-state index contributed by atoms with van der Waals surface area (Å²) in [7, 11) is 0. The van der Waals surface area contributed by atoms with Crippen LogP contribution in [0.2, 0.25) is 0 Å². The molecule has 0 aliphatic carbocycles.